The topological polar surface area (TPSA) is 91.9 Å². The van der Waals surface area contributed by atoms with Gasteiger partial charge in [0.1, 0.15) is 5.58 Å². The summed E-state index contributed by atoms with van der Waals surface area (Å²) < 4.78 is 10.5. The van der Waals surface area contributed by atoms with Crippen molar-refractivity contribution in [3.05, 3.63) is 71.5 Å². The van der Waals surface area contributed by atoms with E-state index in [9.17, 15) is 14.8 Å². The van der Waals surface area contributed by atoms with Crippen molar-refractivity contribution in [2.24, 2.45) is 0 Å². The average Bonchev–Trinajstić information content (AvgIpc) is 3.06. The van der Waals surface area contributed by atoms with Gasteiger partial charge in [0.05, 0.1) is 25.2 Å². The van der Waals surface area contributed by atoms with E-state index in [-0.39, 0.29) is 18.7 Å². The Kier molecular flexibility index (Phi) is 6.29. The molecule has 1 aromatic heterocycles. The first-order valence-corrected chi connectivity index (χ1v) is 8.74. The third kappa shape index (κ3) is 4.98. The number of ether oxygens (including phenoxy) is 1. The number of rotatable bonds is 8. The lowest BCUT2D eigenvalue weighted by molar-refractivity contribution is -0.120. The van der Waals surface area contributed by atoms with Crippen LogP contribution in [0.3, 0.4) is 0 Å². The van der Waals surface area contributed by atoms with Crippen LogP contribution in [0.4, 0.5) is 0 Å². The number of para-hydroxylation sites is 1. The Morgan fingerprint density at radius 1 is 1.15 bits per heavy atom. The molecule has 0 aliphatic rings. The fraction of sp³-hybridized carbons (Fsp3) is 0.250. The normalized spacial score (nSPS) is 12.1. The van der Waals surface area contributed by atoms with E-state index in [4.69, 9.17) is 9.15 Å². The van der Waals surface area contributed by atoms with Crippen molar-refractivity contribution in [3.8, 4) is 0 Å². The highest BCUT2D eigenvalue weighted by molar-refractivity contribution is 6.43. The Bertz CT molecular complexity index is 891. The molecular weight excluding hydrogens is 345 g/mol. The van der Waals surface area contributed by atoms with Crippen LogP contribution in [0.1, 0.15) is 16.7 Å². The Morgan fingerprint density at radius 2 is 1.85 bits per heavy atom. The average molecular weight is 367 g/mol. The van der Waals surface area contributed by atoms with Crippen molar-refractivity contribution in [2.75, 3.05) is 7.11 Å². The molecule has 1 amide bonds. The first-order chi connectivity index (χ1) is 13.1. The number of furan rings is 1. The summed E-state index contributed by atoms with van der Waals surface area (Å²) in [6.45, 7) is 0.518. The van der Waals surface area contributed by atoms with Crippen LogP contribution in [0.2, 0.25) is 0 Å². The number of nitrogens with one attached hydrogen (secondary N) is 1. The number of fused-ring (bicyclic) bond motifs is 1. The number of hydrogen-bond donors (Lipinski definition) is 3. The maximum atomic E-state index is 12.3. The number of methoxy groups -OCH3 is 1. The number of carbonyl (C=O) groups excluding carboxylic acids is 1. The molecule has 0 aliphatic carbocycles. The summed E-state index contributed by atoms with van der Waals surface area (Å²) in [4.78, 5) is 12.3. The van der Waals surface area contributed by atoms with Crippen LogP contribution < -0.4 is 5.32 Å². The molecule has 2 aromatic carbocycles. The van der Waals surface area contributed by atoms with Crippen LogP contribution in [0, 0.1) is 0 Å². The summed E-state index contributed by atoms with van der Waals surface area (Å²) in [5, 5.41) is 23.0. The molecule has 3 rings (SSSR count). The zero-order valence-electron chi connectivity index (χ0n) is 15.1. The molecule has 1 atom stereocenters. The molecule has 0 bridgehead atoms. The number of carbonyl (C=O) groups is 1. The lowest BCUT2D eigenvalue weighted by Crippen LogP contribution is -2.48. The van der Waals surface area contributed by atoms with Gasteiger partial charge < -0.3 is 24.5 Å². The van der Waals surface area contributed by atoms with E-state index >= 15 is 0 Å². The minimum Gasteiger partial charge on any atom is -0.464 e. The highest BCUT2D eigenvalue weighted by atomic mass is 16.5. The summed E-state index contributed by atoms with van der Waals surface area (Å²) >= 11 is 0. The molecule has 0 fully saturated rings. The van der Waals surface area contributed by atoms with Gasteiger partial charge in [-0.05, 0) is 29.2 Å². The molecule has 3 aromatic rings. The Morgan fingerprint density at radius 3 is 2.56 bits per heavy atom. The van der Waals surface area contributed by atoms with Gasteiger partial charge >= 0.3 is 7.12 Å². The molecule has 0 radical (unpaired) electrons. The molecule has 1 heterocycles. The molecule has 6 nitrogen and oxygen atoms in total. The maximum Gasteiger partial charge on any atom is 0.475 e. The predicted octanol–water partition coefficient (Wildman–Crippen LogP) is 1.86. The molecule has 3 N–H and O–H groups in total. The van der Waals surface area contributed by atoms with Crippen molar-refractivity contribution in [2.45, 2.75) is 25.4 Å². The number of benzene rings is 2. The third-order valence-corrected chi connectivity index (χ3v) is 4.41. The highest BCUT2D eigenvalue weighted by Gasteiger charge is 2.26. The van der Waals surface area contributed by atoms with Gasteiger partial charge in [0.2, 0.25) is 5.91 Å². The predicted molar refractivity (Wildman–Crippen MR) is 103 cm³/mol. The molecule has 0 aliphatic heterocycles. The van der Waals surface area contributed by atoms with Crippen LogP contribution in [-0.2, 0) is 29.0 Å². The fourth-order valence-electron chi connectivity index (χ4n) is 3.02. The lowest BCUT2D eigenvalue weighted by atomic mass is 9.75. The van der Waals surface area contributed by atoms with Crippen LogP contribution in [-0.4, -0.2) is 36.1 Å². The zero-order valence-corrected chi connectivity index (χ0v) is 15.1. The lowest BCUT2D eigenvalue weighted by Gasteiger charge is -2.17. The van der Waals surface area contributed by atoms with Crippen LogP contribution >= 0.6 is 0 Å². The van der Waals surface area contributed by atoms with Gasteiger partial charge in [-0.25, -0.2) is 0 Å². The monoisotopic (exact) mass is 367 g/mol. The van der Waals surface area contributed by atoms with Crippen molar-refractivity contribution in [1.82, 2.24) is 5.32 Å². The first-order valence-electron chi connectivity index (χ1n) is 8.74. The standard InChI is InChI=1S/C20H22BNO5/c1-26-12-15-8-6-14(7-9-15)10-20(23)22-19(21(24)25)11-16-13-27-18-5-3-2-4-17(16)18/h2-9,13,19,24-25H,10-12H2,1H3,(H,22,23). The van der Waals surface area contributed by atoms with Crippen molar-refractivity contribution in [1.29, 1.82) is 0 Å². The van der Waals surface area contributed by atoms with E-state index in [1.165, 1.54) is 0 Å². The Balaban J connectivity index is 1.64. The minimum atomic E-state index is -1.67. The molecule has 0 spiro atoms. The largest absolute Gasteiger partial charge is 0.475 e. The van der Waals surface area contributed by atoms with Gasteiger partial charge in [-0.1, -0.05) is 42.5 Å². The Labute approximate surface area is 157 Å². The second-order valence-corrected chi connectivity index (χ2v) is 6.48. The van der Waals surface area contributed by atoms with E-state index in [1.807, 2.05) is 48.5 Å². The Hall–Kier alpha value is -2.61. The quantitative estimate of drug-likeness (QED) is 0.529. The van der Waals surface area contributed by atoms with E-state index in [0.717, 1.165) is 27.7 Å². The van der Waals surface area contributed by atoms with Crippen molar-refractivity contribution in [3.63, 3.8) is 0 Å². The molecule has 27 heavy (non-hydrogen) atoms. The van der Waals surface area contributed by atoms with Gasteiger partial charge in [0.15, 0.2) is 0 Å². The molecule has 0 saturated carbocycles. The van der Waals surface area contributed by atoms with E-state index < -0.39 is 13.1 Å². The van der Waals surface area contributed by atoms with Crippen LogP contribution in [0.5, 0.6) is 0 Å². The summed E-state index contributed by atoms with van der Waals surface area (Å²) in [6.07, 6.45) is 2.00. The number of amides is 1. The van der Waals surface area contributed by atoms with Crippen molar-refractivity contribution >= 4 is 24.0 Å². The summed E-state index contributed by atoms with van der Waals surface area (Å²) in [7, 11) is -0.0445. The third-order valence-electron chi connectivity index (χ3n) is 4.41. The second-order valence-electron chi connectivity index (χ2n) is 6.48. The van der Waals surface area contributed by atoms with Gasteiger partial charge in [-0.3, -0.25) is 4.79 Å². The smallest absolute Gasteiger partial charge is 0.464 e. The van der Waals surface area contributed by atoms with Crippen LogP contribution in [0.15, 0.2) is 59.2 Å². The maximum absolute atomic E-state index is 12.3. The minimum absolute atomic E-state index is 0.155. The van der Waals surface area contributed by atoms with Gasteiger partial charge in [-0.2, -0.15) is 0 Å². The molecule has 1 unspecified atom stereocenters. The van der Waals surface area contributed by atoms with Crippen molar-refractivity contribution < 1.29 is 24.0 Å². The summed E-state index contributed by atoms with van der Waals surface area (Å²) in [5.41, 5.74) is 3.40. The second kappa shape index (κ2) is 8.86. The SMILES string of the molecule is COCc1ccc(CC(=O)NC(Cc2coc3ccccc23)B(O)O)cc1. The molecular formula is C20H22BNO5. The summed E-state index contributed by atoms with van der Waals surface area (Å²) in [6, 6.07) is 15.0. The fourth-order valence-corrected chi connectivity index (χ4v) is 3.02. The van der Waals surface area contributed by atoms with E-state index in [1.54, 1.807) is 13.4 Å². The molecule has 140 valence electrons. The highest BCUT2D eigenvalue weighted by Crippen LogP contribution is 2.22. The van der Waals surface area contributed by atoms with Gasteiger partial charge in [0.25, 0.3) is 0 Å². The summed E-state index contributed by atoms with van der Waals surface area (Å²) in [5.74, 6) is -1.10. The van der Waals surface area contributed by atoms with E-state index in [2.05, 4.69) is 5.32 Å². The molecule has 0 saturated heterocycles. The van der Waals surface area contributed by atoms with Gasteiger partial charge in [0, 0.05) is 12.5 Å². The van der Waals surface area contributed by atoms with E-state index in [0.29, 0.717) is 6.61 Å². The first kappa shape index (κ1) is 19.2. The van der Waals surface area contributed by atoms with Gasteiger partial charge in [-0.15, -0.1) is 0 Å². The number of hydrogen-bond acceptors (Lipinski definition) is 5. The van der Waals surface area contributed by atoms with Crippen LogP contribution in [0.25, 0.3) is 11.0 Å². The molecule has 7 heteroatoms. The zero-order chi connectivity index (χ0) is 19.2.